The number of aryl methyl sites for hydroxylation is 2. The number of aromatic nitrogens is 2. The molecule has 0 radical (unpaired) electrons. The van der Waals surface area contributed by atoms with Gasteiger partial charge in [-0.25, -0.2) is 0 Å². The molecule has 1 aromatic heterocycles. The van der Waals surface area contributed by atoms with Crippen molar-refractivity contribution in [2.75, 3.05) is 13.7 Å². The second-order valence-electron chi connectivity index (χ2n) is 4.89. The molecule has 0 aliphatic heterocycles. The summed E-state index contributed by atoms with van der Waals surface area (Å²) in [6.45, 7) is 7.29. The van der Waals surface area contributed by atoms with Gasteiger partial charge in [0.1, 0.15) is 0 Å². The van der Waals surface area contributed by atoms with Crippen LogP contribution < -0.4 is 5.32 Å². The number of nitrogens with zero attached hydrogens (tertiary/aromatic N) is 2. The molecule has 5 heteroatoms. The van der Waals surface area contributed by atoms with Crippen LogP contribution in [0.15, 0.2) is 0 Å². The van der Waals surface area contributed by atoms with E-state index in [4.69, 9.17) is 16.3 Å². The Bertz CT molecular complexity index is 392. The van der Waals surface area contributed by atoms with Gasteiger partial charge < -0.3 is 10.1 Å². The normalized spacial score (nSPS) is 14.6. The van der Waals surface area contributed by atoms with Crippen LogP contribution in [0.25, 0.3) is 0 Å². The summed E-state index contributed by atoms with van der Waals surface area (Å²) in [5.74, 6) is 0. The smallest absolute Gasteiger partial charge is 0.0850 e. The van der Waals surface area contributed by atoms with Gasteiger partial charge in [0.25, 0.3) is 0 Å². The van der Waals surface area contributed by atoms with Crippen molar-refractivity contribution in [1.29, 1.82) is 0 Å². The van der Waals surface area contributed by atoms with E-state index in [1.165, 1.54) is 0 Å². The lowest BCUT2D eigenvalue weighted by molar-refractivity contribution is 0.0825. The van der Waals surface area contributed by atoms with Gasteiger partial charge >= 0.3 is 0 Å². The van der Waals surface area contributed by atoms with Gasteiger partial charge in [-0.2, -0.15) is 5.10 Å². The molecule has 4 nitrogen and oxygen atoms in total. The fraction of sp³-hybridized carbons (Fsp3) is 0.786. The van der Waals surface area contributed by atoms with E-state index in [1.807, 2.05) is 11.7 Å². The summed E-state index contributed by atoms with van der Waals surface area (Å²) in [5.41, 5.74) is 2.05. The van der Waals surface area contributed by atoms with Crippen molar-refractivity contribution in [3.63, 3.8) is 0 Å². The molecule has 1 N–H and O–H groups in total. The number of halogens is 1. The summed E-state index contributed by atoms with van der Waals surface area (Å²) >= 11 is 6.40. The Morgan fingerprint density at radius 2 is 2.11 bits per heavy atom. The average molecular weight is 288 g/mol. The molecule has 0 saturated carbocycles. The summed E-state index contributed by atoms with van der Waals surface area (Å²) in [6, 6.07) is 0.252. The van der Waals surface area contributed by atoms with Crippen molar-refractivity contribution in [2.24, 2.45) is 7.05 Å². The van der Waals surface area contributed by atoms with Gasteiger partial charge in [0.2, 0.25) is 0 Å². The molecule has 1 rings (SSSR count). The number of nitrogens with one attached hydrogen (secondary N) is 1. The molecule has 0 bridgehead atoms. The van der Waals surface area contributed by atoms with Crippen LogP contribution in [0.2, 0.25) is 5.02 Å². The van der Waals surface area contributed by atoms with E-state index in [0.29, 0.717) is 0 Å². The predicted octanol–water partition coefficient (Wildman–Crippen LogP) is 2.58. The first-order valence-electron chi connectivity index (χ1n) is 7.01. The number of methoxy groups -OCH3 is 1. The highest BCUT2D eigenvalue weighted by molar-refractivity contribution is 6.31. The number of hydrogen-bond donors (Lipinski definition) is 1. The maximum absolute atomic E-state index is 6.40. The van der Waals surface area contributed by atoms with Crippen molar-refractivity contribution in [3.8, 4) is 0 Å². The third-order valence-corrected chi connectivity index (χ3v) is 3.95. The van der Waals surface area contributed by atoms with Crippen LogP contribution in [0.1, 0.15) is 38.6 Å². The Hall–Kier alpha value is -0.580. The summed E-state index contributed by atoms with van der Waals surface area (Å²) in [6.07, 6.45) is 2.94. The molecule has 1 aromatic rings. The van der Waals surface area contributed by atoms with Crippen molar-refractivity contribution >= 4 is 11.6 Å². The van der Waals surface area contributed by atoms with Gasteiger partial charge in [-0.1, -0.05) is 25.4 Å². The van der Waals surface area contributed by atoms with Gasteiger partial charge in [-0.15, -0.1) is 0 Å². The molecular formula is C14H26ClN3O. The molecule has 0 aliphatic rings. The zero-order valence-electron chi connectivity index (χ0n) is 12.7. The van der Waals surface area contributed by atoms with Crippen LogP contribution in [-0.2, 0) is 24.6 Å². The molecule has 0 aromatic carbocycles. The van der Waals surface area contributed by atoms with Crippen LogP contribution in [0.5, 0.6) is 0 Å². The molecule has 110 valence electrons. The van der Waals surface area contributed by atoms with E-state index in [0.717, 1.165) is 42.2 Å². The summed E-state index contributed by atoms with van der Waals surface area (Å²) in [5, 5.41) is 8.79. The molecule has 0 aliphatic carbocycles. The van der Waals surface area contributed by atoms with Crippen molar-refractivity contribution in [3.05, 3.63) is 16.4 Å². The molecule has 19 heavy (non-hydrogen) atoms. The molecule has 0 fully saturated rings. The fourth-order valence-corrected chi connectivity index (χ4v) is 2.52. The highest BCUT2D eigenvalue weighted by Gasteiger charge is 2.21. The molecule has 2 atom stereocenters. The van der Waals surface area contributed by atoms with E-state index in [-0.39, 0.29) is 12.1 Å². The Kier molecular flexibility index (Phi) is 6.83. The lowest BCUT2D eigenvalue weighted by Gasteiger charge is -2.24. The van der Waals surface area contributed by atoms with Crippen molar-refractivity contribution < 1.29 is 4.74 Å². The largest absolute Gasteiger partial charge is 0.380 e. The molecule has 0 amide bonds. The third-order valence-electron chi connectivity index (χ3n) is 3.51. The number of rotatable bonds is 8. The highest BCUT2D eigenvalue weighted by Crippen LogP contribution is 2.23. The number of ether oxygens (including phenoxy) is 1. The van der Waals surface area contributed by atoms with Crippen LogP contribution in [0.4, 0.5) is 0 Å². The molecule has 2 unspecified atom stereocenters. The highest BCUT2D eigenvalue weighted by atomic mass is 35.5. The van der Waals surface area contributed by atoms with E-state index in [9.17, 15) is 0 Å². The first-order chi connectivity index (χ1) is 9.04. The predicted molar refractivity (Wildman–Crippen MR) is 79.9 cm³/mol. The number of hydrogen-bond acceptors (Lipinski definition) is 3. The van der Waals surface area contributed by atoms with Crippen LogP contribution in [0, 0.1) is 0 Å². The van der Waals surface area contributed by atoms with Gasteiger partial charge in [-0.05, 0) is 26.3 Å². The lowest BCUT2D eigenvalue weighted by atomic mass is 10.1. The van der Waals surface area contributed by atoms with Crippen LogP contribution in [0.3, 0.4) is 0 Å². The molecule has 0 spiro atoms. The monoisotopic (exact) mass is 287 g/mol. The van der Waals surface area contributed by atoms with Gasteiger partial charge in [0, 0.05) is 26.6 Å². The lowest BCUT2D eigenvalue weighted by Crippen LogP contribution is -2.41. The van der Waals surface area contributed by atoms with Crippen LogP contribution >= 0.6 is 11.6 Å². The maximum Gasteiger partial charge on any atom is 0.0850 e. The zero-order valence-corrected chi connectivity index (χ0v) is 13.4. The van der Waals surface area contributed by atoms with Crippen LogP contribution in [-0.4, -0.2) is 35.6 Å². The summed E-state index contributed by atoms with van der Waals surface area (Å²) in [7, 11) is 3.70. The second kappa shape index (κ2) is 7.88. The van der Waals surface area contributed by atoms with E-state index < -0.39 is 0 Å². The zero-order chi connectivity index (χ0) is 14.4. The van der Waals surface area contributed by atoms with Gasteiger partial charge in [0.15, 0.2) is 0 Å². The topological polar surface area (TPSA) is 39.1 Å². The summed E-state index contributed by atoms with van der Waals surface area (Å²) in [4.78, 5) is 0. The maximum atomic E-state index is 6.40. The quantitative estimate of drug-likeness (QED) is 0.799. The minimum absolute atomic E-state index is 0.141. The van der Waals surface area contributed by atoms with Crippen molar-refractivity contribution in [2.45, 2.75) is 52.2 Å². The Labute approximate surface area is 121 Å². The van der Waals surface area contributed by atoms with Crippen molar-refractivity contribution in [1.82, 2.24) is 15.1 Å². The SMILES string of the molecule is CCCNC(Cc1c(Cl)c(CC)nn1C)C(C)OC. The second-order valence-corrected chi connectivity index (χ2v) is 5.27. The molecular weight excluding hydrogens is 262 g/mol. The Balaban J connectivity index is 2.86. The van der Waals surface area contributed by atoms with E-state index in [2.05, 4.69) is 31.2 Å². The van der Waals surface area contributed by atoms with Gasteiger partial charge in [-0.3, -0.25) is 4.68 Å². The standard InChI is InChI=1S/C14H26ClN3O/c1-6-8-16-12(10(3)19-5)9-13-14(15)11(7-2)17-18(13)4/h10,12,16H,6-9H2,1-5H3. The van der Waals surface area contributed by atoms with E-state index >= 15 is 0 Å². The first-order valence-corrected chi connectivity index (χ1v) is 7.39. The average Bonchev–Trinajstić information content (AvgIpc) is 2.69. The minimum Gasteiger partial charge on any atom is -0.380 e. The molecule has 1 heterocycles. The Morgan fingerprint density at radius 1 is 1.42 bits per heavy atom. The molecule has 0 saturated heterocycles. The first kappa shape index (κ1) is 16.5. The summed E-state index contributed by atoms with van der Waals surface area (Å²) < 4.78 is 7.35. The van der Waals surface area contributed by atoms with Gasteiger partial charge in [0.05, 0.1) is 22.5 Å². The van der Waals surface area contributed by atoms with E-state index in [1.54, 1.807) is 7.11 Å². The Morgan fingerprint density at radius 3 is 2.58 bits per heavy atom. The fourth-order valence-electron chi connectivity index (χ4n) is 2.15. The third kappa shape index (κ3) is 4.20. The minimum atomic E-state index is 0.141.